The molecule has 0 aromatic heterocycles. The van der Waals surface area contributed by atoms with Crippen molar-refractivity contribution in [3.8, 4) is 11.5 Å². The smallest absolute Gasteiger partial charge is 0.340 e. The monoisotopic (exact) mass is 663 g/mol. The number of primary amides is 1. The molecule has 2 aliphatic rings. The van der Waals surface area contributed by atoms with Crippen molar-refractivity contribution in [1.29, 1.82) is 0 Å². The van der Waals surface area contributed by atoms with E-state index in [1.54, 1.807) is 26.2 Å². The van der Waals surface area contributed by atoms with Crippen LogP contribution in [0, 0.1) is 0 Å². The molecule has 2 heterocycles. The van der Waals surface area contributed by atoms with Gasteiger partial charge in [-0.2, -0.15) is 10.1 Å². The first-order chi connectivity index (χ1) is 22.8. The number of hydroxylamine groups is 4. The molecule has 0 saturated heterocycles. The molecule has 13 heteroatoms. The van der Waals surface area contributed by atoms with E-state index in [4.69, 9.17) is 24.7 Å². The standard InChI is InChI=1S/C35H45N5O8/c1-37(2)31(45-15-13-39(5)43)19-22-7-11-26-29(17-22)47-30-18-23(20-32(38(3)4)46-16-14-40(6)44)8-12-27(30)35(26)28-21-24(33(36)41)9-10-25(28)34(42)48-35/h7-12,17-18,21,31-32,43-44H,13-16,19-20H2,1-6H3,(H2,36,41). The van der Waals surface area contributed by atoms with Crippen LogP contribution in [0.2, 0.25) is 0 Å². The Hall–Kier alpha value is -3.92. The number of rotatable bonds is 15. The molecule has 0 fully saturated rings. The normalized spacial score (nSPS) is 17.8. The summed E-state index contributed by atoms with van der Waals surface area (Å²) >= 11 is 0. The number of nitrogens with zero attached hydrogens (tertiary/aromatic N) is 4. The second kappa shape index (κ2) is 14.7. The largest absolute Gasteiger partial charge is 0.456 e. The molecule has 2 unspecified atom stereocenters. The van der Waals surface area contributed by atoms with Crippen molar-refractivity contribution in [2.75, 3.05) is 68.6 Å². The van der Waals surface area contributed by atoms with Gasteiger partial charge in [-0.3, -0.25) is 14.6 Å². The Kier molecular flexibility index (Phi) is 10.8. The molecule has 0 radical (unpaired) electrons. The van der Waals surface area contributed by atoms with Gasteiger partial charge in [-0.1, -0.05) is 24.3 Å². The van der Waals surface area contributed by atoms with Gasteiger partial charge < -0.3 is 35.1 Å². The van der Waals surface area contributed by atoms with E-state index in [1.165, 1.54) is 6.07 Å². The van der Waals surface area contributed by atoms with Gasteiger partial charge in [-0.25, -0.2) is 4.79 Å². The lowest BCUT2D eigenvalue weighted by Crippen LogP contribution is -2.36. The summed E-state index contributed by atoms with van der Waals surface area (Å²) in [5.41, 5.74) is 8.49. The van der Waals surface area contributed by atoms with E-state index in [-0.39, 0.29) is 18.0 Å². The summed E-state index contributed by atoms with van der Waals surface area (Å²) in [5.74, 6) is -0.130. The highest BCUT2D eigenvalue weighted by Crippen LogP contribution is 2.56. The molecular formula is C35H45N5O8. The number of nitrogens with two attached hydrogens (primary N) is 1. The third kappa shape index (κ3) is 7.38. The first-order valence-corrected chi connectivity index (χ1v) is 15.8. The second-order valence-corrected chi connectivity index (χ2v) is 12.7. The third-order valence-corrected chi connectivity index (χ3v) is 8.64. The molecule has 2 atom stereocenters. The SMILES string of the molecule is CN(O)CCOC(Cc1ccc2c(c1)Oc1cc(CC(OCCN(C)O)N(C)C)ccc1C21OC(=O)c2ccc(C(N)=O)cc21)N(C)C. The maximum Gasteiger partial charge on any atom is 0.340 e. The minimum absolute atomic E-state index is 0.258. The van der Waals surface area contributed by atoms with Gasteiger partial charge in [0.1, 0.15) is 24.0 Å². The maximum absolute atomic E-state index is 13.4. The molecule has 48 heavy (non-hydrogen) atoms. The zero-order valence-corrected chi connectivity index (χ0v) is 28.3. The van der Waals surface area contributed by atoms with E-state index in [9.17, 15) is 20.0 Å². The number of amides is 1. The topological polar surface area (TPSA) is 151 Å². The van der Waals surface area contributed by atoms with Crippen LogP contribution in [0.1, 0.15) is 48.5 Å². The summed E-state index contributed by atoms with van der Waals surface area (Å²) in [5, 5.41) is 21.2. The lowest BCUT2D eigenvalue weighted by Gasteiger charge is -2.37. The average molecular weight is 664 g/mol. The summed E-state index contributed by atoms with van der Waals surface area (Å²) in [4.78, 5) is 29.6. The van der Waals surface area contributed by atoms with Gasteiger partial charge >= 0.3 is 5.97 Å². The molecule has 1 spiro atoms. The van der Waals surface area contributed by atoms with E-state index in [0.29, 0.717) is 72.9 Å². The number of carbonyl (C=O) groups is 2. The second-order valence-electron chi connectivity index (χ2n) is 12.7. The molecule has 3 aromatic carbocycles. The highest BCUT2D eigenvalue weighted by molar-refractivity contribution is 6.00. The molecule has 0 saturated carbocycles. The quantitative estimate of drug-likeness (QED) is 0.125. The number of hydrogen-bond donors (Lipinski definition) is 3. The van der Waals surface area contributed by atoms with Crippen molar-refractivity contribution < 1.29 is 39.0 Å². The molecule has 0 aliphatic carbocycles. The third-order valence-electron chi connectivity index (χ3n) is 8.64. The summed E-state index contributed by atoms with van der Waals surface area (Å²) in [6.45, 7) is 1.38. The van der Waals surface area contributed by atoms with E-state index in [1.807, 2.05) is 74.4 Å². The molecular weight excluding hydrogens is 618 g/mol. The average Bonchev–Trinajstić information content (AvgIpc) is 3.31. The van der Waals surface area contributed by atoms with Crippen LogP contribution < -0.4 is 10.5 Å². The van der Waals surface area contributed by atoms with Crippen molar-refractivity contribution in [2.24, 2.45) is 5.73 Å². The molecule has 13 nitrogen and oxygen atoms in total. The van der Waals surface area contributed by atoms with Gasteiger partial charge in [0.15, 0.2) is 5.60 Å². The lowest BCUT2D eigenvalue weighted by atomic mass is 9.76. The zero-order valence-electron chi connectivity index (χ0n) is 28.3. The van der Waals surface area contributed by atoms with Gasteiger partial charge in [-0.05, 0) is 69.6 Å². The van der Waals surface area contributed by atoms with E-state index >= 15 is 0 Å². The Bertz CT molecular complexity index is 1570. The van der Waals surface area contributed by atoms with Gasteiger partial charge in [-0.15, -0.1) is 0 Å². The van der Waals surface area contributed by atoms with Crippen molar-refractivity contribution >= 4 is 11.9 Å². The fourth-order valence-electron chi connectivity index (χ4n) is 6.04. The van der Waals surface area contributed by atoms with E-state index < -0.39 is 17.5 Å². The molecule has 2 aliphatic heterocycles. The Morgan fingerprint density at radius 3 is 1.71 bits per heavy atom. The van der Waals surface area contributed by atoms with Gasteiger partial charge in [0.2, 0.25) is 5.91 Å². The summed E-state index contributed by atoms with van der Waals surface area (Å²) in [6.07, 6.45) is 0.477. The molecule has 5 rings (SSSR count). The number of fused-ring (bicyclic) bond motifs is 6. The number of esters is 1. The predicted molar refractivity (Wildman–Crippen MR) is 176 cm³/mol. The Morgan fingerprint density at radius 2 is 1.27 bits per heavy atom. The Labute approximate surface area is 280 Å². The van der Waals surface area contributed by atoms with Crippen LogP contribution in [0.5, 0.6) is 11.5 Å². The summed E-state index contributed by atoms with van der Waals surface area (Å²) in [6, 6.07) is 16.3. The predicted octanol–water partition coefficient (Wildman–Crippen LogP) is 2.89. The van der Waals surface area contributed by atoms with Crippen molar-refractivity contribution in [2.45, 2.75) is 30.9 Å². The Morgan fingerprint density at radius 1 is 0.771 bits per heavy atom. The van der Waals surface area contributed by atoms with Crippen LogP contribution in [-0.2, 0) is 32.7 Å². The molecule has 0 bridgehead atoms. The van der Waals surface area contributed by atoms with Gasteiger partial charge in [0, 0.05) is 62.3 Å². The fraction of sp³-hybridized carbons (Fsp3) is 0.429. The van der Waals surface area contributed by atoms with E-state index in [2.05, 4.69) is 0 Å². The summed E-state index contributed by atoms with van der Waals surface area (Å²) < 4.78 is 25.1. The van der Waals surface area contributed by atoms with Gasteiger partial charge in [0.25, 0.3) is 0 Å². The minimum Gasteiger partial charge on any atom is -0.456 e. The number of hydrogen-bond acceptors (Lipinski definition) is 12. The van der Waals surface area contributed by atoms with Gasteiger partial charge in [0.05, 0.1) is 18.8 Å². The molecule has 3 aromatic rings. The van der Waals surface area contributed by atoms with Crippen molar-refractivity contribution in [1.82, 2.24) is 19.9 Å². The van der Waals surface area contributed by atoms with Crippen LogP contribution in [0.15, 0.2) is 54.6 Å². The fourth-order valence-corrected chi connectivity index (χ4v) is 6.04. The Balaban J connectivity index is 1.57. The minimum atomic E-state index is -1.38. The molecule has 258 valence electrons. The van der Waals surface area contributed by atoms with Crippen LogP contribution in [0.3, 0.4) is 0 Å². The number of benzene rings is 3. The van der Waals surface area contributed by atoms with Crippen LogP contribution in [0.4, 0.5) is 0 Å². The first kappa shape index (κ1) is 35.4. The first-order valence-electron chi connectivity index (χ1n) is 15.8. The number of carbonyl (C=O) groups excluding carboxylic acids is 2. The molecule has 1 amide bonds. The van der Waals surface area contributed by atoms with E-state index in [0.717, 1.165) is 21.3 Å². The van der Waals surface area contributed by atoms with Crippen LogP contribution in [0.25, 0.3) is 0 Å². The van der Waals surface area contributed by atoms with Crippen LogP contribution >= 0.6 is 0 Å². The zero-order chi connectivity index (χ0) is 34.7. The number of likely N-dealkylation sites (N-methyl/N-ethyl adjacent to an activating group) is 4. The van der Waals surface area contributed by atoms with Crippen molar-refractivity contribution in [3.05, 3.63) is 93.5 Å². The lowest BCUT2D eigenvalue weighted by molar-refractivity contribution is -0.104. The van der Waals surface area contributed by atoms with Crippen molar-refractivity contribution in [3.63, 3.8) is 0 Å². The number of ether oxygens (including phenoxy) is 4. The maximum atomic E-state index is 13.4. The molecule has 4 N–H and O–H groups in total. The summed E-state index contributed by atoms with van der Waals surface area (Å²) in [7, 11) is 10.8. The van der Waals surface area contributed by atoms with Crippen LogP contribution in [-0.4, -0.2) is 123 Å². The highest BCUT2D eigenvalue weighted by Gasteiger charge is 2.53. The highest BCUT2D eigenvalue weighted by atomic mass is 16.6.